The fourth-order valence-electron chi connectivity index (χ4n) is 2.24. The van der Waals surface area contributed by atoms with Crippen LogP contribution in [0.3, 0.4) is 0 Å². The lowest BCUT2D eigenvalue weighted by Crippen LogP contribution is -2.10. The summed E-state index contributed by atoms with van der Waals surface area (Å²) in [5.41, 5.74) is 8.59. The standard InChI is InChI=1S/C16H14BrNOS/c1-19-14-5-4-10-6-12(3-2-11(10)7-14)16(18)13-8-15(17)20-9-13/h2-9,16H,18H2,1H3. The van der Waals surface area contributed by atoms with Crippen LogP contribution in [0.2, 0.25) is 0 Å². The lowest BCUT2D eigenvalue weighted by molar-refractivity contribution is 0.415. The van der Waals surface area contributed by atoms with E-state index >= 15 is 0 Å². The summed E-state index contributed by atoms with van der Waals surface area (Å²) in [5.74, 6) is 0.872. The number of halogens is 1. The van der Waals surface area contributed by atoms with Gasteiger partial charge in [0.25, 0.3) is 0 Å². The van der Waals surface area contributed by atoms with E-state index in [2.05, 4.69) is 51.6 Å². The summed E-state index contributed by atoms with van der Waals surface area (Å²) in [7, 11) is 1.68. The van der Waals surface area contributed by atoms with E-state index < -0.39 is 0 Å². The molecule has 1 unspecified atom stereocenters. The maximum Gasteiger partial charge on any atom is 0.119 e. The fraction of sp³-hybridized carbons (Fsp3) is 0.125. The van der Waals surface area contributed by atoms with E-state index in [1.807, 2.05) is 12.1 Å². The summed E-state index contributed by atoms with van der Waals surface area (Å²) < 4.78 is 6.35. The molecule has 3 rings (SSSR count). The Labute approximate surface area is 130 Å². The molecule has 0 spiro atoms. The molecule has 102 valence electrons. The third-order valence-electron chi connectivity index (χ3n) is 3.38. The predicted octanol–water partition coefficient (Wildman–Crippen LogP) is 4.72. The smallest absolute Gasteiger partial charge is 0.119 e. The Kier molecular flexibility index (Phi) is 3.78. The van der Waals surface area contributed by atoms with Crippen LogP contribution in [-0.4, -0.2) is 7.11 Å². The van der Waals surface area contributed by atoms with Gasteiger partial charge >= 0.3 is 0 Å². The second kappa shape index (κ2) is 5.56. The highest BCUT2D eigenvalue weighted by atomic mass is 79.9. The first-order chi connectivity index (χ1) is 9.67. The van der Waals surface area contributed by atoms with Crippen molar-refractivity contribution in [3.63, 3.8) is 0 Å². The van der Waals surface area contributed by atoms with Gasteiger partial charge in [-0.1, -0.05) is 18.2 Å². The van der Waals surface area contributed by atoms with E-state index in [9.17, 15) is 0 Å². The van der Waals surface area contributed by atoms with E-state index in [0.717, 1.165) is 26.0 Å². The number of ether oxygens (including phenoxy) is 1. The number of fused-ring (bicyclic) bond motifs is 1. The molecule has 20 heavy (non-hydrogen) atoms. The molecule has 0 bridgehead atoms. The summed E-state index contributed by atoms with van der Waals surface area (Å²) >= 11 is 5.13. The Morgan fingerprint density at radius 1 is 1.05 bits per heavy atom. The number of hydrogen-bond donors (Lipinski definition) is 1. The van der Waals surface area contributed by atoms with Crippen molar-refractivity contribution in [2.75, 3.05) is 7.11 Å². The first-order valence-corrected chi connectivity index (χ1v) is 7.92. The van der Waals surface area contributed by atoms with Gasteiger partial charge in [0.05, 0.1) is 16.9 Å². The molecule has 0 saturated carbocycles. The molecule has 0 radical (unpaired) electrons. The predicted molar refractivity (Wildman–Crippen MR) is 88.5 cm³/mol. The SMILES string of the molecule is COc1ccc2cc(C(N)c3csc(Br)c3)ccc2c1. The van der Waals surface area contributed by atoms with Gasteiger partial charge in [-0.15, -0.1) is 11.3 Å². The molecule has 0 aliphatic rings. The molecule has 1 aromatic heterocycles. The molecule has 0 fully saturated rings. The zero-order chi connectivity index (χ0) is 14.1. The molecule has 2 nitrogen and oxygen atoms in total. The Hall–Kier alpha value is -1.36. The number of rotatable bonds is 3. The normalized spacial score (nSPS) is 12.6. The van der Waals surface area contributed by atoms with Gasteiger partial charge in [-0.3, -0.25) is 0 Å². The molecule has 0 aliphatic carbocycles. The summed E-state index contributed by atoms with van der Waals surface area (Å²) in [6, 6.07) is 14.4. The van der Waals surface area contributed by atoms with Gasteiger partial charge in [0, 0.05) is 0 Å². The van der Waals surface area contributed by atoms with Crippen LogP contribution in [-0.2, 0) is 0 Å². The molecule has 1 heterocycles. The maximum absolute atomic E-state index is 6.34. The van der Waals surface area contributed by atoms with Gasteiger partial charge < -0.3 is 10.5 Å². The van der Waals surface area contributed by atoms with Crippen LogP contribution in [0.4, 0.5) is 0 Å². The van der Waals surface area contributed by atoms with Crippen molar-refractivity contribution < 1.29 is 4.74 Å². The molecule has 0 saturated heterocycles. The van der Waals surface area contributed by atoms with Crippen molar-refractivity contribution in [2.45, 2.75) is 6.04 Å². The van der Waals surface area contributed by atoms with Gasteiger partial charge in [0.1, 0.15) is 5.75 Å². The quantitative estimate of drug-likeness (QED) is 0.743. The highest BCUT2D eigenvalue weighted by Crippen LogP contribution is 2.30. The van der Waals surface area contributed by atoms with Gasteiger partial charge in [-0.2, -0.15) is 0 Å². The lowest BCUT2D eigenvalue weighted by Gasteiger charge is -2.12. The number of thiophene rings is 1. The van der Waals surface area contributed by atoms with Crippen LogP contribution in [0.15, 0.2) is 51.6 Å². The van der Waals surface area contributed by atoms with E-state index in [0.29, 0.717) is 0 Å². The van der Waals surface area contributed by atoms with E-state index in [4.69, 9.17) is 10.5 Å². The highest BCUT2D eigenvalue weighted by Gasteiger charge is 2.11. The third kappa shape index (κ3) is 2.59. The van der Waals surface area contributed by atoms with Crippen LogP contribution in [0.1, 0.15) is 17.2 Å². The monoisotopic (exact) mass is 347 g/mol. The second-order valence-corrected chi connectivity index (χ2v) is 6.92. The molecule has 3 aromatic rings. The van der Waals surface area contributed by atoms with Gasteiger partial charge in [0.15, 0.2) is 0 Å². The Morgan fingerprint density at radius 2 is 1.80 bits per heavy atom. The summed E-state index contributed by atoms with van der Waals surface area (Å²) in [6.45, 7) is 0. The van der Waals surface area contributed by atoms with Crippen molar-refractivity contribution in [1.82, 2.24) is 0 Å². The molecular formula is C16H14BrNOS. The molecule has 2 aromatic carbocycles. The summed E-state index contributed by atoms with van der Waals surface area (Å²) in [6.07, 6.45) is 0. The van der Waals surface area contributed by atoms with Crippen LogP contribution < -0.4 is 10.5 Å². The van der Waals surface area contributed by atoms with Gasteiger partial charge in [-0.25, -0.2) is 0 Å². The maximum atomic E-state index is 6.34. The average molecular weight is 348 g/mol. The van der Waals surface area contributed by atoms with Crippen LogP contribution in [0.25, 0.3) is 10.8 Å². The van der Waals surface area contributed by atoms with Crippen LogP contribution in [0.5, 0.6) is 5.75 Å². The minimum absolute atomic E-state index is 0.0935. The molecule has 0 amide bonds. The average Bonchev–Trinajstić information content (AvgIpc) is 2.92. The molecule has 2 N–H and O–H groups in total. The summed E-state index contributed by atoms with van der Waals surface area (Å²) in [4.78, 5) is 0. The lowest BCUT2D eigenvalue weighted by atomic mass is 9.99. The number of hydrogen-bond acceptors (Lipinski definition) is 3. The molecular weight excluding hydrogens is 334 g/mol. The minimum atomic E-state index is -0.0935. The van der Waals surface area contributed by atoms with Crippen molar-refractivity contribution in [2.24, 2.45) is 5.73 Å². The highest BCUT2D eigenvalue weighted by molar-refractivity contribution is 9.11. The fourth-order valence-corrected chi connectivity index (χ4v) is 3.45. The second-order valence-electron chi connectivity index (χ2n) is 4.63. The Balaban J connectivity index is 2.00. The van der Waals surface area contributed by atoms with E-state index in [1.54, 1.807) is 18.4 Å². The first-order valence-electron chi connectivity index (χ1n) is 6.24. The molecule has 0 aliphatic heterocycles. The van der Waals surface area contributed by atoms with E-state index in [-0.39, 0.29) is 6.04 Å². The topological polar surface area (TPSA) is 35.2 Å². The molecule has 4 heteroatoms. The Morgan fingerprint density at radius 3 is 2.50 bits per heavy atom. The van der Waals surface area contributed by atoms with Gasteiger partial charge in [0.2, 0.25) is 0 Å². The number of benzene rings is 2. The largest absolute Gasteiger partial charge is 0.497 e. The van der Waals surface area contributed by atoms with Crippen molar-refractivity contribution in [1.29, 1.82) is 0 Å². The van der Waals surface area contributed by atoms with E-state index in [1.165, 1.54) is 5.39 Å². The zero-order valence-electron chi connectivity index (χ0n) is 11.0. The number of methoxy groups -OCH3 is 1. The van der Waals surface area contributed by atoms with Crippen LogP contribution >= 0.6 is 27.3 Å². The summed E-state index contributed by atoms with van der Waals surface area (Å²) in [5, 5.41) is 4.42. The third-order valence-corrected chi connectivity index (χ3v) is 4.90. The van der Waals surface area contributed by atoms with Crippen molar-refractivity contribution in [3.8, 4) is 5.75 Å². The Bertz CT molecular complexity index is 753. The first kappa shape index (κ1) is 13.6. The molecule has 1 atom stereocenters. The van der Waals surface area contributed by atoms with Crippen molar-refractivity contribution in [3.05, 3.63) is 62.8 Å². The minimum Gasteiger partial charge on any atom is -0.497 e. The van der Waals surface area contributed by atoms with Crippen molar-refractivity contribution >= 4 is 38.0 Å². The number of nitrogens with two attached hydrogens (primary N) is 1. The van der Waals surface area contributed by atoms with Gasteiger partial charge in [-0.05, 0) is 67.5 Å². The van der Waals surface area contributed by atoms with Crippen LogP contribution in [0, 0.1) is 0 Å². The zero-order valence-corrected chi connectivity index (χ0v) is 13.4.